The summed E-state index contributed by atoms with van der Waals surface area (Å²) in [5, 5.41) is 13.5. The van der Waals surface area contributed by atoms with Gasteiger partial charge in [0.05, 0.1) is 6.61 Å². The summed E-state index contributed by atoms with van der Waals surface area (Å²) >= 11 is 0. The highest BCUT2D eigenvalue weighted by atomic mass is 16.6. The van der Waals surface area contributed by atoms with Gasteiger partial charge in [0.15, 0.2) is 0 Å². The van der Waals surface area contributed by atoms with Crippen LogP contribution < -0.4 is 0 Å². The molecule has 0 radical (unpaired) electrons. The lowest BCUT2D eigenvalue weighted by molar-refractivity contribution is -0.165. The Bertz CT molecular complexity index is 696. The number of rotatable bonds is 5. The van der Waals surface area contributed by atoms with E-state index in [4.69, 9.17) is 9.47 Å². The van der Waals surface area contributed by atoms with E-state index in [2.05, 4.69) is 21.6 Å². The lowest BCUT2D eigenvalue weighted by Gasteiger charge is -2.15. The Labute approximate surface area is 118 Å². The second-order valence-corrected chi connectivity index (χ2v) is 3.78. The molecule has 1 atom stereocenters. The van der Waals surface area contributed by atoms with Crippen molar-refractivity contribution in [1.29, 1.82) is 0 Å². The molecule has 0 saturated carbocycles. The van der Waals surface area contributed by atoms with Crippen LogP contribution in [0.4, 0.5) is 0 Å². The summed E-state index contributed by atoms with van der Waals surface area (Å²) in [6.45, 7) is 4.95. The first-order chi connectivity index (χ1) is 10.1. The predicted octanol–water partition coefficient (Wildman–Crippen LogP) is 0.163. The summed E-state index contributed by atoms with van der Waals surface area (Å²) in [6.07, 6.45) is 0.658. The third-order valence-electron chi connectivity index (χ3n) is 2.42. The van der Waals surface area contributed by atoms with Crippen molar-refractivity contribution < 1.29 is 24.2 Å². The average Bonchev–Trinajstić information content (AvgIpc) is 2.93. The largest absolute Gasteiger partial charge is 0.493 e. The maximum absolute atomic E-state index is 11.9. The van der Waals surface area contributed by atoms with Crippen LogP contribution >= 0.6 is 0 Å². The monoisotopic (exact) mass is 292 g/mol. The van der Waals surface area contributed by atoms with E-state index in [-0.39, 0.29) is 24.0 Å². The van der Waals surface area contributed by atoms with E-state index in [9.17, 15) is 14.7 Å². The maximum Gasteiger partial charge on any atom is 0.353 e. The fourth-order valence-electron chi connectivity index (χ4n) is 1.56. The lowest BCUT2D eigenvalue weighted by Crippen LogP contribution is -2.22. The highest BCUT2D eigenvalue weighted by Crippen LogP contribution is 2.22. The van der Waals surface area contributed by atoms with Crippen molar-refractivity contribution in [1.82, 2.24) is 19.6 Å². The van der Waals surface area contributed by atoms with Crippen LogP contribution in [0, 0.1) is 0 Å². The van der Waals surface area contributed by atoms with E-state index in [1.165, 1.54) is 6.33 Å². The normalized spacial score (nSPS) is 11.9. The van der Waals surface area contributed by atoms with E-state index in [1.54, 1.807) is 6.92 Å². The number of hydrogen-bond donors (Lipinski definition) is 1. The Hall–Kier alpha value is -2.97. The molecule has 1 unspecified atom stereocenters. The second kappa shape index (κ2) is 5.99. The molecule has 2 aromatic heterocycles. The number of nitrogens with zero attached hydrogens (tertiary/aromatic N) is 4. The first-order valence-electron chi connectivity index (χ1n) is 5.96. The van der Waals surface area contributed by atoms with Gasteiger partial charge in [-0.3, -0.25) is 0 Å². The lowest BCUT2D eigenvalue weighted by atomic mass is 10.2. The van der Waals surface area contributed by atoms with Gasteiger partial charge in [0.2, 0.25) is 12.0 Å². The van der Waals surface area contributed by atoms with E-state index < -0.39 is 18.0 Å². The summed E-state index contributed by atoms with van der Waals surface area (Å²) in [5.41, 5.74) is -0.0262. The van der Waals surface area contributed by atoms with Crippen LogP contribution in [0.25, 0.3) is 5.78 Å². The summed E-state index contributed by atoms with van der Waals surface area (Å²) < 4.78 is 10.8. The highest BCUT2D eigenvalue weighted by Gasteiger charge is 2.28. The third-order valence-corrected chi connectivity index (χ3v) is 2.42. The quantitative estimate of drug-likeness (QED) is 0.612. The van der Waals surface area contributed by atoms with Crippen molar-refractivity contribution >= 4 is 17.7 Å². The maximum atomic E-state index is 11.9. The van der Waals surface area contributed by atoms with Crippen LogP contribution in [0.2, 0.25) is 0 Å². The minimum absolute atomic E-state index is 0.0262. The fraction of sp³-hybridized carbons (Fsp3) is 0.250. The minimum Gasteiger partial charge on any atom is -0.493 e. The van der Waals surface area contributed by atoms with Crippen LogP contribution in [0.5, 0.6) is 5.88 Å². The van der Waals surface area contributed by atoms with Crippen molar-refractivity contribution in [2.75, 3.05) is 6.61 Å². The highest BCUT2D eigenvalue weighted by molar-refractivity contribution is 5.85. The predicted molar refractivity (Wildman–Crippen MR) is 68.1 cm³/mol. The molecule has 0 aliphatic carbocycles. The molecule has 0 aromatic carbocycles. The summed E-state index contributed by atoms with van der Waals surface area (Å²) in [7, 11) is 0. The van der Waals surface area contributed by atoms with Crippen molar-refractivity contribution in [2.45, 2.75) is 13.0 Å². The van der Waals surface area contributed by atoms with Crippen molar-refractivity contribution in [3.05, 3.63) is 30.7 Å². The van der Waals surface area contributed by atoms with E-state index in [0.29, 0.717) is 0 Å². The summed E-state index contributed by atoms with van der Waals surface area (Å²) in [4.78, 5) is 31.0. The second-order valence-electron chi connectivity index (χ2n) is 3.78. The van der Waals surface area contributed by atoms with Gasteiger partial charge in [-0.15, -0.1) is 0 Å². The van der Waals surface area contributed by atoms with Crippen LogP contribution in [-0.4, -0.2) is 43.2 Å². The van der Waals surface area contributed by atoms with Crippen molar-refractivity contribution in [2.24, 2.45) is 0 Å². The van der Waals surface area contributed by atoms with Gasteiger partial charge in [-0.2, -0.15) is 14.6 Å². The number of aromatic nitrogens is 4. The van der Waals surface area contributed by atoms with E-state index in [1.807, 2.05) is 0 Å². The molecule has 0 saturated heterocycles. The zero-order chi connectivity index (χ0) is 15.4. The molecule has 2 aromatic rings. The Morgan fingerprint density at radius 1 is 1.57 bits per heavy atom. The van der Waals surface area contributed by atoms with Gasteiger partial charge in [0.1, 0.15) is 12.0 Å². The number of ether oxygens (including phenoxy) is 2. The molecule has 110 valence electrons. The Morgan fingerprint density at radius 2 is 2.33 bits per heavy atom. The van der Waals surface area contributed by atoms with Gasteiger partial charge in [-0.1, -0.05) is 6.58 Å². The molecule has 0 aliphatic rings. The number of carbonyl (C=O) groups excluding carboxylic acids is 2. The Balaban J connectivity index is 2.43. The molecule has 1 N–H and O–H groups in total. The number of aromatic hydroxyl groups is 1. The van der Waals surface area contributed by atoms with Crippen LogP contribution in [0.3, 0.4) is 0 Å². The van der Waals surface area contributed by atoms with Gasteiger partial charge >= 0.3 is 11.9 Å². The molecular formula is C12H12N4O5. The van der Waals surface area contributed by atoms with Crippen molar-refractivity contribution in [3.8, 4) is 5.88 Å². The molecule has 0 bridgehead atoms. The van der Waals surface area contributed by atoms with Crippen LogP contribution in [-0.2, 0) is 19.1 Å². The summed E-state index contributed by atoms with van der Waals surface area (Å²) in [5.74, 6) is -1.90. The molecular weight excluding hydrogens is 280 g/mol. The van der Waals surface area contributed by atoms with Crippen LogP contribution in [0.15, 0.2) is 25.0 Å². The standard InChI is InChI=1S/C12H12N4O5/c1-3-9(18)21-10(11(19)20-4-2)7-5-8(17)16-12(15-7)13-6-14-16/h3,5-6,10,17H,1,4H2,2H3. The Kier molecular flexibility index (Phi) is 4.12. The zero-order valence-corrected chi connectivity index (χ0v) is 11.1. The number of esters is 2. The van der Waals surface area contributed by atoms with Gasteiger partial charge in [0, 0.05) is 12.1 Å². The average molecular weight is 292 g/mol. The summed E-state index contributed by atoms with van der Waals surface area (Å²) in [6, 6.07) is 1.14. The minimum atomic E-state index is -1.43. The molecule has 0 amide bonds. The Morgan fingerprint density at radius 3 is 3.00 bits per heavy atom. The van der Waals surface area contributed by atoms with Crippen molar-refractivity contribution in [3.63, 3.8) is 0 Å². The molecule has 2 rings (SSSR count). The first-order valence-corrected chi connectivity index (χ1v) is 5.96. The molecule has 0 fully saturated rings. The van der Waals surface area contributed by atoms with Gasteiger partial charge < -0.3 is 14.6 Å². The number of hydrogen-bond acceptors (Lipinski definition) is 8. The molecule has 2 heterocycles. The molecule has 0 spiro atoms. The molecule has 21 heavy (non-hydrogen) atoms. The van der Waals surface area contributed by atoms with Gasteiger partial charge in [-0.25, -0.2) is 14.6 Å². The van der Waals surface area contributed by atoms with Gasteiger partial charge in [0.25, 0.3) is 5.78 Å². The number of carbonyl (C=O) groups is 2. The van der Waals surface area contributed by atoms with E-state index in [0.717, 1.165) is 16.7 Å². The van der Waals surface area contributed by atoms with Crippen LogP contribution in [0.1, 0.15) is 18.7 Å². The van der Waals surface area contributed by atoms with E-state index >= 15 is 0 Å². The zero-order valence-electron chi connectivity index (χ0n) is 11.1. The topological polar surface area (TPSA) is 116 Å². The SMILES string of the molecule is C=CC(=O)OC(C(=O)OCC)c1cc(O)n2ncnc2n1. The molecule has 9 heteroatoms. The fourth-order valence-corrected chi connectivity index (χ4v) is 1.56. The number of fused-ring (bicyclic) bond motifs is 1. The third kappa shape index (κ3) is 2.96. The smallest absolute Gasteiger partial charge is 0.353 e. The molecule has 0 aliphatic heterocycles. The van der Waals surface area contributed by atoms with Gasteiger partial charge in [-0.05, 0) is 6.92 Å². The molecule has 9 nitrogen and oxygen atoms in total. The first kappa shape index (κ1) is 14.4.